The van der Waals surface area contributed by atoms with Gasteiger partial charge in [0.2, 0.25) is 10.0 Å². The number of esters is 1. The summed E-state index contributed by atoms with van der Waals surface area (Å²) in [5, 5.41) is 13.8. The summed E-state index contributed by atoms with van der Waals surface area (Å²) in [6.45, 7) is 3.76. The van der Waals surface area contributed by atoms with Crippen LogP contribution < -0.4 is 5.32 Å². The number of nitrogens with one attached hydrogen (secondary N) is 1. The van der Waals surface area contributed by atoms with Gasteiger partial charge in [-0.05, 0) is 63.3 Å². The number of aryl methyl sites for hydroxylation is 1. The molecule has 0 bridgehead atoms. The molecule has 0 aromatic heterocycles. The molecule has 0 aliphatic heterocycles. The number of likely N-dealkylation sites (N-methyl/N-ethyl adjacent to an activating group) is 1. The number of benzene rings is 2. The molecule has 0 heterocycles. The number of hydrogen-bond donors (Lipinski definition) is 2. The fourth-order valence-corrected chi connectivity index (χ4v) is 5.35. The van der Waals surface area contributed by atoms with Crippen LogP contribution in [-0.4, -0.2) is 62.7 Å². The van der Waals surface area contributed by atoms with Crippen LogP contribution in [0.25, 0.3) is 0 Å². The van der Waals surface area contributed by atoms with E-state index in [2.05, 4.69) is 34.0 Å². The van der Waals surface area contributed by atoms with Crippen LogP contribution in [0.5, 0.6) is 0 Å². The van der Waals surface area contributed by atoms with E-state index in [0.29, 0.717) is 12.5 Å². The number of rotatable bonds is 14. The SMILES string of the molecule is COC(=O)CCCC#Cc1cc(C(F)(F)F)cc(S(=O)(=O)N(C)C[C@H](O)CNC(C)(C)CCCc2ccccc2)c1. The van der Waals surface area contributed by atoms with Crippen molar-refractivity contribution in [2.24, 2.45) is 0 Å². The van der Waals surface area contributed by atoms with E-state index >= 15 is 0 Å². The summed E-state index contributed by atoms with van der Waals surface area (Å²) in [6, 6.07) is 12.5. The molecule has 0 radical (unpaired) electrons. The molecule has 7 nitrogen and oxygen atoms in total. The Kier molecular flexibility index (Phi) is 12.8. The lowest BCUT2D eigenvalue weighted by atomic mass is 9.95. The van der Waals surface area contributed by atoms with E-state index in [9.17, 15) is 31.5 Å². The predicted molar refractivity (Wildman–Crippen MR) is 151 cm³/mol. The van der Waals surface area contributed by atoms with Gasteiger partial charge in [-0.2, -0.15) is 17.5 Å². The number of sulfonamides is 1. The number of nitrogens with zero attached hydrogens (tertiary/aromatic N) is 1. The first-order valence-corrected chi connectivity index (χ1v) is 14.8. The Labute approximate surface area is 241 Å². The van der Waals surface area contributed by atoms with Gasteiger partial charge < -0.3 is 15.2 Å². The summed E-state index contributed by atoms with van der Waals surface area (Å²) < 4.78 is 72.4. The third kappa shape index (κ3) is 11.8. The second-order valence-corrected chi connectivity index (χ2v) is 12.6. The topological polar surface area (TPSA) is 95.9 Å². The van der Waals surface area contributed by atoms with Gasteiger partial charge in [0.05, 0.1) is 23.7 Å². The highest BCUT2D eigenvalue weighted by molar-refractivity contribution is 7.89. The minimum atomic E-state index is -4.79. The number of hydrogen-bond acceptors (Lipinski definition) is 6. The molecule has 2 aromatic carbocycles. The molecule has 0 fully saturated rings. The van der Waals surface area contributed by atoms with Crippen LogP contribution in [-0.2, 0) is 32.2 Å². The average Bonchev–Trinajstić information content (AvgIpc) is 2.91. The van der Waals surface area contributed by atoms with Gasteiger partial charge in [0.15, 0.2) is 0 Å². The second-order valence-electron chi connectivity index (χ2n) is 10.5. The van der Waals surface area contributed by atoms with Gasteiger partial charge in [-0.25, -0.2) is 8.42 Å². The van der Waals surface area contributed by atoms with Crippen LogP contribution in [0.4, 0.5) is 13.2 Å². The highest BCUT2D eigenvalue weighted by Crippen LogP contribution is 2.32. The zero-order chi connectivity index (χ0) is 30.7. The van der Waals surface area contributed by atoms with Crippen molar-refractivity contribution in [1.82, 2.24) is 9.62 Å². The molecule has 0 saturated carbocycles. The molecule has 1 atom stereocenters. The summed E-state index contributed by atoms with van der Waals surface area (Å²) in [4.78, 5) is 10.6. The quantitative estimate of drug-likeness (QED) is 0.185. The third-order valence-corrected chi connectivity index (χ3v) is 8.28. The second kappa shape index (κ2) is 15.4. The van der Waals surface area contributed by atoms with E-state index in [1.807, 2.05) is 32.0 Å². The first kappa shape index (κ1) is 34.3. The number of carbonyl (C=O) groups is 1. The molecule has 41 heavy (non-hydrogen) atoms. The summed E-state index contributed by atoms with van der Waals surface area (Å²) in [5.41, 5.74) is -0.356. The van der Waals surface area contributed by atoms with E-state index in [-0.39, 0.29) is 37.0 Å². The number of halogens is 3. The number of aliphatic hydroxyl groups excluding tert-OH is 1. The predicted octanol–water partition coefficient (Wildman–Crippen LogP) is 4.77. The highest BCUT2D eigenvalue weighted by Gasteiger charge is 2.33. The molecular formula is C30H39F3N2O5S. The van der Waals surface area contributed by atoms with Crippen molar-refractivity contribution in [1.29, 1.82) is 0 Å². The molecule has 11 heteroatoms. The Morgan fingerprint density at radius 1 is 1.12 bits per heavy atom. The van der Waals surface area contributed by atoms with Crippen molar-refractivity contribution in [3.8, 4) is 11.8 Å². The number of methoxy groups -OCH3 is 1. The van der Waals surface area contributed by atoms with Crippen LogP contribution in [0.1, 0.15) is 62.6 Å². The van der Waals surface area contributed by atoms with E-state index < -0.39 is 38.7 Å². The summed E-state index contributed by atoms with van der Waals surface area (Å²) >= 11 is 0. The third-order valence-electron chi connectivity index (χ3n) is 6.48. The van der Waals surface area contributed by atoms with Crippen molar-refractivity contribution >= 4 is 16.0 Å². The minimum absolute atomic E-state index is 0.100. The van der Waals surface area contributed by atoms with Crippen molar-refractivity contribution in [2.45, 2.75) is 75.1 Å². The molecule has 226 valence electrons. The summed E-state index contributed by atoms with van der Waals surface area (Å²) in [7, 11) is -1.91. The molecule has 0 unspecified atom stereocenters. The standard InChI is InChI=1S/C30H39F3N2O5S/c1-29(2,17-11-15-23-12-7-5-8-13-23)34-21-26(36)22-35(3)41(38,39)27-19-24(18-25(20-27)30(31,32)33)14-9-6-10-16-28(37)40-4/h5,7-8,12-13,18-20,26,34,36H,6,10-11,15-17,21-22H2,1-4H3/t26-/m1/s1. The number of ether oxygens (including phenoxy) is 1. The number of unbranched alkanes of at least 4 members (excludes halogenated alkanes) is 1. The summed E-state index contributed by atoms with van der Waals surface area (Å²) in [5.74, 6) is 4.81. The van der Waals surface area contributed by atoms with Crippen molar-refractivity contribution < 1.29 is 36.2 Å². The molecule has 0 aliphatic rings. The largest absolute Gasteiger partial charge is 0.469 e. The number of aliphatic hydroxyl groups is 1. The molecule has 0 saturated heterocycles. The van der Waals surface area contributed by atoms with Gasteiger partial charge in [-0.1, -0.05) is 42.2 Å². The zero-order valence-corrected chi connectivity index (χ0v) is 24.7. The Morgan fingerprint density at radius 3 is 2.44 bits per heavy atom. The Bertz CT molecular complexity index is 1300. The van der Waals surface area contributed by atoms with E-state index in [0.717, 1.165) is 35.7 Å². The number of carbonyl (C=O) groups excluding carboxylic acids is 1. The van der Waals surface area contributed by atoms with Gasteiger partial charge in [-0.15, -0.1) is 0 Å². The van der Waals surface area contributed by atoms with Crippen LogP contribution >= 0.6 is 0 Å². The maximum atomic E-state index is 13.6. The highest BCUT2D eigenvalue weighted by atomic mass is 32.2. The molecule has 0 amide bonds. The molecule has 2 rings (SSSR count). The smallest absolute Gasteiger partial charge is 0.416 e. The van der Waals surface area contributed by atoms with Gasteiger partial charge >= 0.3 is 12.1 Å². The Hall–Kier alpha value is -2.91. The van der Waals surface area contributed by atoms with E-state index in [1.165, 1.54) is 19.7 Å². The Balaban J connectivity index is 2.04. The van der Waals surface area contributed by atoms with Gasteiger partial charge in [0.1, 0.15) is 0 Å². The lowest BCUT2D eigenvalue weighted by Gasteiger charge is -2.29. The molecule has 2 N–H and O–H groups in total. The van der Waals surface area contributed by atoms with Crippen molar-refractivity contribution in [2.75, 3.05) is 27.2 Å². The van der Waals surface area contributed by atoms with Crippen molar-refractivity contribution in [3.63, 3.8) is 0 Å². The lowest BCUT2D eigenvalue weighted by molar-refractivity contribution is -0.140. The maximum Gasteiger partial charge on any atom is 0.416 e. The van der Waals surface area contributed by atoms with Gasteiger partial charge in [-0.3, -0.25) is 4.79 Å². The lowest BCUT2D eigenvalue weighted by Crippen LogP contribution is -2.46. The van der Waals surface area contributed by atoms with Gasteiger partial charge in [0, 0.05) is 44.1 Å². The molecule has 0 aliphatic carbocycles. The first-order chi connectivity index (χ1) is 19.1. The monoisotopic (exact) mass is 596 g/mol. The maximum absolute atomic E-state index is 13.6. The average molecular weight is 597 g/mol. The van der Waals surface area contributed by atoms with E-state index in [1.54, 1.807) is 0 Å². The van der Waals surface area contributed by atoms with Crippen LogP contribution in [0, 0.1) is 11.8 Å². The van der Waals surface area contributed by atoms with Crippen molar-refractivity contribution in [3.05, 3.63) is 65.2 Å². The molecule has 2 aromatic rings. The Morgan fingerprint density at radius 2 is 1.80 bits per heavy atom. The number of β-amino-alcohol motifs (C(OH)–C–C–N with tert-alkyl or cyclic N) is 1. The van der Waals surface area contributed by atoms with Crippen LogP contribution in [0.2, 0.25) is 0 Å². The molecular weight excluding hydrogens is 557 g/mol. The fourth-order valence-electron chi connectivity index (χ4n) is 4.07. The zero-order valence-electron chi connectivity index (χ0n) is 23.9. The molecule has 0 spiro atoms. The normalized spacial score (nSPS) is 13.0. The summed E-state index contributed by atoms with van der Waals surface area (Å²) in [6.07, 6.45) is -2.56. The van der Waals surface area contributed by atoms with Crippen LogP contribution in [0.3, 0.4) is 0 Å². The first-order valence-electron chi connectivity index (χ1n) is 13.4. The minimum Gasteiger partial charge on any atom is -0.469 e. The fraction of sp³-hybridized carbons (Fsp3) is 0.500. The van der Waals surface area contributed by atoms with E-state index in [4.69, 9.17) is 0 Å². The van der Waals surface area contributed by atoms with Gasteiger partial charge in [0.25, 0.3) is 0 Å². The van der Waals surface area contributed by atoms with Crippen LogP contribution in [0.15, 0.2) is 53.4 Å². The number of alkyl halides is 3.